The third-order valence-corrected chi connectivity index (χ3v) is 2.26. The van der Waals surface area contributed by atoms with Crippen LogP contribution in [0.1, 0.15) is 30.9 Å². The maximum atomic E-state index is 9.60. The average Bonchev–Trinajstić information content (AvgIpc) is 2.67. The number of aromatic nitrogens is 1. The van der Waals surface area contributed by atoms with Gasteiger partial charge in [0.1, 0.15) is 0 Å². The summed E-state index contributed by atoms with van der Waals surface area (Å²) in [5, 5.41) is 9.60. The molecule has 0 saturated heterocycles. The summed E-state index contributed by atoms with van der Waals surface area (Å²) in [4.78, 5) is 2.94. The second kappa shape index (κ2) is 2.70. The van der Waals surface area contributed by atoms with Crippen molar-refractivity contribution in [3.8, 4) is 0 Å². The van der Waals surface area contributed by atoms with Crippen LogP contribution in [0.2, 0.25) is 0 Å². The molecule has 0 aromatic carbocycles. The number of hydrogen-bond acceptors (Lipinski definition) is 1. The van der Waals surface area contributed by atoms with Gasteiger partial charge in [-0.15, -0.1) is 0 Å². The molecule has 11 heavy (non-hydrogen) atoms. The largest absolute Gasteiger partial charge is 0.388 e. The number of aromatic amines is 1. The van der Waals surface area contributed by atoms with E-state index in [0.717, 1.165) is 17.9 Å². The number of hydrogen-bond donors (Lipinski definition) is 2. The summed E-state index contributed by atoms with van der Waals surface area (Å²) in [6.45, 7) is 0. The maximum absolute atomic E-state index is 9.60. The quantitative estimate of drug-likeness (QED) is 0.679. The molecule has 2 nitrogen and oxygen atoms in total. The molecule has 0 amide bonds. The summed E-state index contributed by atoms with van der Waals surface area (Å²) in [7, 11) is 0. The van der Waals surface area contributed by atoms with Crippen LogP contribution in [0.3, 0.4) is 0 Å². The Morgan fingerprint density at radius 3 is 3.00 bits per heavy atom. The molecule has 0 radical (unpaired) electrons. The van der Waals surface area contributed by atoms with E-state index in [1.165, 1.54) is 12.8 Å². The van der Waals surface area contributed by atoms with E-state index in [9.17, 15) is 5.11 Å². The van der Waals surface area contributed by atoms with Gasteiger partial charge in [-0.3, -0.25) is 0 Å². The van der Waals surface area contributed by atoms with Crippen molar-refractivity contribution in [1.29, 1.82) is 0 Å². The van der Waals surface area contributed by atoms with E-state index in [0.29, 0.717) is 0 Å². The molecule has 1 aromatic heterocycles. The zero-order valence-electron chi connectivity index (χ0n) is 6.46. The molecule has 1 aliphatic rings. The van der Waals surface area contributed by atoms with Crippen LogP contribution in [0, 0.1) is 5.92 Å². The van der Waals surface area contributed by atoms with Gasteiger partial charge in [0.15, 0.2) is 0 Å². The Balaban J connectivity index is 1.93. The topological polar surface area (TPSA) is 36.0 Å². The third-order valence-electron chi connectivity index (χ3n) is 2.26. The van der Waals surface area contributed by atoms with Crippen LogP contribution in [0.25, 0.3) is 0 Å². The lowest BCUT2D eigenvalue weighted by atomic mass is 10.1. The van der Waals surface area contributed by atoms with Crippen molar-refractivity contribution in [1.82, 2.24) is 4.98 Å². The highest BCUT2D eigenvalue weighted by Gasteiger charge is 2.25. The van der Waals surface area contributed by atoms with Gasteiger partial charge in [-0.25, -0.2) is 0 Å². The highest BCUT2D eigenvalue weighted by Crippen LogP contribution is 2.37. The van der Waals surface area contributed by atoms with Gasteiger partial charge in [0, 0.05) is 12.4 Å². The van der Waals surface area contributed by atoms with Crippen molar-refractivity contribution in [2.45, 2.75) is 25.4 Å². The highest BCUT2D eigenvalue weighted by molar-refractivity contribution is 5.12. The van der Waals surface area contributed by atoms with Crippen molar-refractivity contribution >= 4 is 0 Å². The Morgan fingerprint density at radius 2 is 2.45 bits per heavy atom. The highest BCUT2D eigenvalue weighted by atomic mass is 16.3. The van der Waals surface area contributed by atoms with Crippen LogP contribution < -0.4 is 0 Å². The monoisotopic (exact) mass is 151 g/mol. The van der Waals surface area contributed by atoms with Gasteiger partial charge in [-0.2, -0.15) is 0 Å². The number of aliphatic hydroxyl groups is 1. The zero-order valence-corrected chi connectivity index (χ0v) is 6.46. The second-order valence-corrected chi connectivity index (χ2v) is 3.34. The van der Waals surface area contributed by atoms with Crippen LogP contribution in [0.4, 0.5) is 0 Å². The molecular weight excluding hydrogens is 138 g/mol. The number of rotatable bonds is 3. The van der Waals surface area contributed by atoms with Crippen LogP contribution in [0.15, 0.2) is 18.5 Å². The smallest absolute Gasteiger partial charge is 0.0807 e. The average molecular weight is 151 g/mol. The fraction of sp³-hybridized carbons (Fsp3) is 0.556. The van der Waals surface area contributed by atoms with Crippen molar-refractivity contribution in [3.63, 3.8) is 0 Å². The molecule has 1 saturated carbocycles. The molecule has 1 aromatic rings. The van der Waals surface area contributed by atoms with E-state index in [1.54, 1.807) is 0 Å². The van der Waals surface area contributed by atoms with E-state index >= 15 is 0 Å². The molecule has 0 bridgehead atoms. The normalized spacial score (nSPS) is 20.1. The van der Waals surface area contributed by atoms with Gasteiger partial charge in [0.2, 0.25) is 0 Å². The summed E-state index contributed by atoms with van der Waals surface area (Å²) in [6, 6.07) is 1.94. The number of nitrogens with one attached hydrogen (secondary N) is 1. The molecule has 1 aliphatic carbocycles. The Bertz CT molecular complexity index is 213. The van der Waals surface area contributed by atoms with E-state index in [-0.39, 0.29) is 6.10 Å². The van der Waals surface area contributed by atoms with Gasteiger partial charge < -0.3 is 10.1 Å². The van der Waals surface area contributed by atoms with Crippen LogP contribution in [0.5, 0.6) is 0 Å². The lowest BCUT2D eigenvalue weighted by molar-refractivity contribution is 0.160. The summed E-state index contributed by atoms with van der Waals surface area (Å²) in [6.07, 6.45) is 7.04. The number of H-pyrrole nitrogens is 1. The second-order valence-electron chi connectivity index (χ2n) is 3.34. The Labute approximate surface area is 66.3 Å². The molecule has 0 spiro atoms. The predicted molar refractivity (Wildman–Crippen MR) is 43.1 cm³/mol. The van der Waals surface area contributed by atoms with Gasteiger partial charge in [0.25, 0.3) is 0 Å². The lowest BCUT2D eigenvalue weighted by Crippen LogP contribution is -1.95. The van der Waals surface area contributed by atoms with Gasteiger partial charge >= 0.3 is 0 Å². The summed E-state index contributed by atoms with van der Waals surface area (Å²) < 4.78 is 0. The summed E-state index contributed by atoms with van der Waals surface area (Å²) >= 11 is 0. The van der Waals surface area contributed by atoms with Crippen molar-refractivity contribution in [2.75, 3.05) is 0 Å². The first-order valence-electron chi connectivity index (χ1n) is 4.17. The molecule has 1 unspecified atom stereocenters. The summed E-state index contributed by atoms with van der Waals surface area (Å²) in [5.41, 5.74) is 1.02. The first-order valence-corrected chi connectivity index (χ1v) is 4.17. The number of aliphatic hydroxyl groups excluding tert-OH is 1. The minimum atomic E-state index is -0.242. The zero-order chi connectivity index (χ0) is 7.68. The Kier molecular flexibility index (Phi) is 1.70. The van der Waals surface area contributed by atoms with Crippen molar-refractivity contribution in [2.24, 2.45) is 5.92 Å². The molecule has 1 atom stereocenters. The molecule has 60 valence electrons. The molecule has 0 aliphatic heterocycles. The Hall–Kier alpha value is -0.760. The first-order chi connectivity index (χ1) is 5.36. The SMILES string of the molecule is OC(CC1CC1)c1cc[nH]c1. The third kappa shape index (κ3) is 1.63. The predicted octanol–water partition coefficient (Wildman–Crippen LogP) is 1.85. The fourth-order valence-electron chi connectivity index (χ4n) is 1.35. The van der Waals surface area contributed by atoms with E-state index in [1.807, 2.05) is 18.5 Å². The van der Waals surface area contributed by atoms with Crippen molar-refractivity contribution in [3.05, 3.63) is 24.0 Å². The van der Waals surface area contributed by atoms with Gasteiger partial charge in [0.05, 0.1) is 6.10 Å². The van der Waals surface area contributed by atoms with E-state index in [4.69, 9.17) is 0 Å². The van der Waals surface area contributed by atoms with Crippen LogP contribution in [-0.4, -0.2) is 10.1 Å². The van der Waals surface area contributed by atoms with Crippen LogP contribution >= 0.6 is 0 Å². The van der Waals surface area contributed by atoms with E-state index < -0.39 is 0 Å². The van der Waals surface area contributed by atoms with Gasteiger partial charge in [-0.1, -0.05) is 12.8 Å². The minimum Gasteiger partial charge on any atom is -0.388 e. The first kappa shape index (κ1) is 6.92. The molecule has 1 heterocycles. The maximum Gasteiger partial charge on any atom is 0.0807 e. The molecular formula is C9H13NO. The molecule has 1 fully saturated rings. The Morgan fingerprint density at radius 1 is 1.64 bits per heavy atom. The minimum absolute atomic E-state index is 0.242. The summed E-state index contributed by atoms with van der Waals surface area (Å²) in [5.74, 6) is 0.792. The van der Waals surface area contributed by atoms with Crippen LogP contribution in [-0.2, 0) is 0 Å². The molecule has 2 heteroatoms. The van der Waals surface area contributed by atoms with Crippen molar-refractivity contribution < 1.29 is 5.11 Å². The standard InChI is InChI=1S/C9H13NO/c11-9(5-7-1-2-7)8-3-4-10-6-8/h3-4,6-7,9-11H,1-2,5H2. The molecule has 2 N–H and O–H groups in total. The lowest BCUT2D eigenvalue weighted by Gasteiger charge is -2.05. The fourth-order valence-corrected chi connectivity index (χ4v) is 1.35. The van der Waals surface area contributed by atoms with Gasteiger partial charge in [-0.05, 0) is 24.0 Å². The van der Waals surface area contributed by atoms with E-state index in [2.05, 4.69) is 4.98 Å². The molecule has 2 rings (SSSR count).